The van der Waals surface area contributed by atoms with E-state index in [1.54, 1.807) is 0 Å². The number of hydrogen-bond donors (Lipinski definition) is 1. The van der Waals surface area contributed by atoms with Crippen LogP contribution >= 0.6 is 0 Å². The maximum atomic E-state index is 10.2. The number of hydrogen-bond acceptors (Lipinski definition) is 4. The zero-order valence-corrected chi connectivity index (χ0v) is 10.4. The molecule has 4 heteroatoms. The van der Waals surface area contributed by atoms with Crippen molar-refractivity contribution in [2.24, 2.45) is 5.92 Å². The molecule has 0 radical (unpaired) electrons. The molecular weight excluding hydrogens is 232 g/mol. The van der Waals surface area contributed by atoms with Crippen LogP contribution in [0.3, 0.4) is 0 Å². The first-order chi connectivity index (χ1) is 8.75. The summed E-state index contributed by atoms with van der Waals surface area (Å²) in [5, 5.41) is 10.2. The van der Waals surface area contributed by atoms with Crippen molar-refractivity contribution >= 4 is 0 Å². The third-order valence-corrected chi connectivity index (χ3v) is 3.62. The maximum absolute atomic E-state index is 10.2. The van der Waals surface area contributed by atoms with E-state index in [1.807, 2.05) is 37.3 Å². The molecule has 1 N–H and O–H groups in total. The van der Waals surface area contributed by atoms with E-state index in [1.165, 1.54) is 0 Å². The van der Waals surface area contributed by atoms with Gasteiger partial charge in [-0.1, -0.05) is 37.3 Å². The molecule has 1 aromatic carbocycles. The molecule has 0 saturated carbocycles. The van der Waals surface area contributed by atoms with Crippen molar-refractivity contribution in [2.45, 2.75) is 31.5 Å². The minimum atomic E-state index is -0.487. The Kier molecular flexibility index (Phi) is 3.35. The summed E-state index contributed by atoms with van der Waals surface area (Å²) in [6.45, 7) is 3.00. The largest absolute Gasteiger partial charge is 0.390 e. The lowest BCUT2D eigenvalue weighted by Crippen LogP contribution is -2.55. The summed E-state index contributed by atoms with van der Waals surface area (Å²) in [6.07, 6.45) is -1.35. The lowest BCUT2D eigenvalue weighted by Gasteiger charge is -2.44. The monoisotopic (exact) mass is 250 g/mol. The number of ether oxygens (including phenoxy) is 3. The zero-order chi connectivity index (χ0) is 12.5. The van der Waals surface area contributed by atoms with Gasteiger partial charge in [-0.3, -0.25) is 0 Å². The summed E-state index contributed by atoms with van der Waals surface area (Å²) in [7, 11) is 0. The molecule has 2 aliphatic heterocycles. The van der Waals surface area contributed by atoms with E-state index < -0.39 is 12.4 Å². The van der Waals surface area contributed by atoms with Gasteiger partial charge in [0.1, 0.15) is 12.2 Å². The van der Waals surface area contributed by atoms with Crippen molar-refractivity contribution in [3.63, 3.8) is 0 Å². The molecule has 0 bridgehead atoms. The fourth-order valence-corrected chi connectivity index (χ4v) is 2.47. The Morgan fingerprint density at radius 2 is 1.89 bits per heavy atom. The molecule has 1 aromatic rings. The first-order valence-corrected chi connectivity index (χ1v) is 6.37. The topological polar surface area (TPSA) is 47.9 Å². The van der Waals surface area contributed by atoms with Gasteiger partial charge in [-0.2, -0.15) is 0 Å². The Hall–Kier alpha value is -0.940. The summed E-state index contributed by atoms with van der Waals surface area (Å²) in [5.41, 5.74) is 0.973. The van der Waals surface area contributed by atoms with Crippen LogP contribution in [0, 0.1) is 5.92 Å². The molecule has 0 aliphatic carbocycles. The van der Waals surface area contributed by atoms with Crippen LogP contribution < -0.4 is 0 Å². The standard InChI is InChI=1S/C14H18O4/c1-9-7-16-11-8-17-14(18-13(11)12(9)15)10-5-3-2-4-6-10/h2-6,9,11-15H,7-8H2,1H3/t9?,11?,12-,13-,14?/m1/s1. The van der Waals surface area contributed by atoms with E-state index >= 15 is 0 Å². The maximum Gasteiger partial charge on any atom is 0.184 e. The van der Waals surface area contributed by atoms with Gasteiger partial charge in [0.25, 0.3) is 0 Å². The normalized spacial score (nSPS) is 40.2. The van der Waals surface area contributed by atoms with Crippen LogP contribution in [0.15, 0.2) is 30.3 Å². The van der Waals surface area contributed by atoms with Crippen LogP contribution in [0.5, 0.6) is 0 Å². The molecule has 5 atom stereocenters. The second-order valence-corrected chi connectivity index (χ2v) is 5.02. The van der Waals surface area contributed by atoms with Gasteiger partial charge < -0.3 is 19.3 Å². The molecule has 0 spiro atoms. The van der Waals surface area contributed by atoms with Crippen molar-refractivity contribution in [2.75, 3.05) is 13.2 Å². The molecule has 4 nitrogen and oxygen atoms in total. The quantitative estimate of drug-likeness (QED) is 0.820. The molecule has 0 aromatic heterocycles. The SMILES string of the molecule is CC1COC2COC(c3ccccc3)O[C@H]2[C@@H]1O. The summed E-state index contributed by atoms with van der Waals surface area (Å²) in [4.78, 5) is 0. The summed E-state index contributed by atoms with van der Waals surface area (Å²) in [6, 6.07) is 9.78. The van der Waals surface area contributed by atoms with Crippen molar-refractivity contribution in [3.8, 4) is 0 Å². The van der Waals surface area contributed by atoms with Crippen LogP contribution in [0.25, 0.3) is 0 Å². The van der Waals surface area contributed by atoms with E-state index in [9.17, 15) is 5.11 Å². The number of rotatable bonds is 1. The van der Waals surface area contributed by atoms with E-state index in [4.69, 9.17) is 14.2 Å². The lowest BCUT2D eigenvalue weighted by molar-refractivity contribution is -0.307. The van der Waals surface area contributed by atoms with Gasteiger partial charge in [-0.15, -0.1) is 0 Å². The van der Waals surface area contributed by atoms with E-state index in [-0.39, 0.29) is 18.1 Å². The highest BCUT2D eigenvalue weighted by Crippen LogP contribution is 2.33. The average molecular weight is 250 g/mol. The predicted octanol–water partition coefficient (Wildman–Crippen LogP) is 1.50. The highest BCUT2D eigenvalue weighted by Gasteiger charge is 2.43. The van der Waals surface area contributed by atoms with Crippen LogP contribution in [0.2, 0.25) is 0 Å². The Labute approximate surface area is 106 Å². The van der Waals surface area contributed by atoms with E-state index in [0.29, 0.717) is 13.2 Å². The van der Waals surface area contributed by atoms with Crippen molar-refractivity contribution < 1.29 is 19.3 Å². The van der Waals surface area contributed by atoms with Crippen LogP contribution in [0.1, 0.15) is 18.8 Å². The van der Waals surface area contributed by atoms with E-state index in [2.05, 4.69) is 0 Å². The van der Waals surface area contributed by atoms with Gasteiger partial charge in [-0.05, 0) is 0 Å². The van der Waals surface area contributed by atoms with Gasteiger partial charge in [0.05, 0.1) is 19.3 Å². The first kappa shape index (κ1) is 12.1. The smallest absolute Gasteiger partial charge is 0.184 e. The highest BCUT2D eigenvalue weighted by atomic mass is 16.7. The lowest BCUT2D eigenvalue weighted by atomic mass is 9.93. The second-order valence-electron chi connectivity index (χ2n) is 5.02. The molecule has 3 rings (SSSR count). The Balaban J connectivity index is 1.75. The molecule has 0 amide bonds. The fourth-order valence-electron chi connectivity index (χ4n) is 2.47. The average Bonchev–Trinajstić information content (AvgIpc) is 2.44. The zero-order valence-electron chi connectivity index (χ0n) is 10.4. The van der Waals surface area contributed by atoms with Gasteiger partial charge in [0.15, 0.2) is 6.29 Å². The number of aliphatic hydroxyl groups is 1. The number of aliphatic hydroxyl groups excluding tert-OH is 1. The van der Waals surface area contributed by atoms with Crippen molar-refractivity contribution in [1.82, 2.24) is 0 Å². The molecule has 2 fully saturated rings. The summed E-state index contributed by atoms with van der Waals surface area (Å²) < 4.78 is 17.2. The molecule has 2 aliphatic rings. The molecular formula is C14H18O4. The summed E-state index contributed by atoms with van der Waals surface area (Å²) in [5.74, 6) is 0.0979. The Bertz CT molecular complexity index is 392. The highest BCUT2D eigenvalue weighted by molar-refractivity contribution is 5.16. The Morgan fingerprint density at radius 1 is 1.11 bits per heavy atom. The van der Waals surface area contributed by atoms with E-state index in [0.717, 1.165) is 5.56 Å². The van der Waals surface area contributed by atoms with Crippen molar-refractivity contribution in [3.05, 3.63) is 35.9 Å². The van der Waals surface area contributed by atoms with Crippen LogP contribution in [0.4, 0.5) is 0 Å². The van der Waals surface area contributed by atoms with Crippen molar-refractivity contribution in [1.29, 1.82) is 0 Å². The van der Waals surface area contributed by atoms with Gasteiger partial charge >= 0.3 is 0 Å². The molecule has 98 valence electrons. The number of fused-ring (bicyclic) bond motifs is 1. The third kappa shape index (κ3) is 2.17. The summed E-state index contributed by atoms with van der Waals surface area (Å²) >= 11 is 0. The van der Waals surface area contributed by atoms with Gasteiger partial charge in [0.2, 0.25) is 0 Å². The second kappa shape index (κ2) is 4.97. The third-order valence-electron chi connectivity index (χ3n) is 3.62. The van der Waals surface area contributed by atoms with Gasteiger partial charge in [-0.25, -0.2) is 0 Å². The predicted molar refractivity (Wildman–Crippen MR) is 64.9 cm³/mol. The van der Waals surface area contributed by atoms with Crippen LogP contribution in [-0.2, 0) is 14.2 Å². The Morgan fingerprint density at radius 3 is 2.67 bits per heavy atom. The fraction of sp³-hybridized carbons (Fsp3) is 0.571. The van der Waals surface area contributed by atoms with Crippen LogP contribution in [-0.4, -0.2) is 36.6 Å². The minimum Gasteiger partial charge on any atom is -0.390 e. The van der Waals surface area contributed by atoms with Gasteiger partial charge in [0, 0.05) is 11.5 Å². The molecule has 3 unspecified atom stereocenters. The molecule has 2 heterocycles. The molecule has 2 saturated heterocycles. The number of benzene rings is 1. The first-order valence-electron chi connectivity index (χ1n) is 6.37. The molecule has 18 heavy (non-hydrogen) atoms. The minimum absolute atomic E-state index is 0.0979.